The van der Waals surface area contributed by atoms with Gasteiger partial charge >= 0.3 is 0 Å². The molecule has 3 nitrogen and oxygen atoms in total. The van der Waals surface area contributed by atoms with Crippen molar-refractivity contribution in [3.63, 3.8) is 0 Å². The van der Waals surface area contributed by atoms with Crippen molar-refractivity contribution in [2.75, 3.05) is 0 Å². The van der Waals surface area contributed by atoms with Crippen molar-refractivity contribution in [1.82, 2.24) is 9.97 Å². The van der Waals surface area contributed by atoms with Gasteiger partial charge in [0.1, 0.15) is 5.65 Å². The zero-order valence-electron chi connectivity index (χ0n) is 10.3. The lowest BCUT2D eigenvalue weighted by molar-refractivity contribution is 0.103. The number of hydrogen-bond acceptors (Lipinski definition) is 2. The van der Waals surface area contributed by atoms with Gasteiger partial charge in [-0.25, -0.2) is 18.2 Å². The predicted octanol–water partition coefficient (Wildman–Crippen LogP) is 3.97. The molecule has 0 atom stereocenters. The summed E-state index contributed by atoms with van der Waals surface area (Å²) in [5.74, 6) is -5.26. The van der Waals surface area contributed by atoms with Gasteiger partial charge in [0.2, 0.25) is 0 Å². The van der Waals surface area contributed by atoms with Crippen LogP contribution in [0.2, 0.25) is 0 Å². The number of ketones is 1. The van der Waals surface area contributed by atoms with Crippen LogP contribution in [-0.2, 0) is 0 Å². The Balaban J connectivity index is 2.17. The van der Waals surface area contributed by atoms with Crippen molar-refractivity contribution in [2.45, 2.75) is 0 Å². The molecule has 0 aliphatic rings. The number of carbonyl (C=O) groups excluding carboxylic acids is 1. The molecule has 3 rings (SSSR count). The average Bonchev–Trinajstić information content (AvgIpc) is 2.87. The van der Waals surface area contributed by atoms with Crippen LogP contribution in [-0.4, -0.2) is 15.8 Å². The zero-order valence-corrected chi connectivity index (χ0v) is 11.8. The second-order valence-corrected chi connectivity index (χ2v) is 5.22. The lowest BCUT2D eigenvalue weighted by atomic mass is 10.0. The van der Waals surface area contributed by atoms with Crippen molar-refractivity contribution >= 4 is 32.7 Å². The van der Waals surface area contributed by atoms with Crippen molar-refractivity contribution in [1.29, 1.82) is 0 Å². The fourth-order valence-electron chi connectivity index (χ4n) is 2.01. The van der Waals surface area contributed by atoms with E-state index in [2.05, 4.69) is 25.9 Å². The first-order valence-electron chi connectivity index (χ1n) is 5.80. The molecule has 3 aromatic rings. The van der Waals surface area contributed by atoms with E-state index in [1.807, 2.05) is 0 Å². The maximum absolute atomic E-state index is 13.7. The van der Waals surface area contributed by atoms with Gasteiger partial charge in [-0.15, -0.1) is 0 Å². The van der Waals surface area contributed by atoms with E-state index in [1.165, 1.54) is 12.4 Å². The minimum absolute atomic E-state index is 0.128. The molecule has 0 aliphatic carbocycles. The van der Waals surface area contributed by atoms with Gasteiger partial charge in [0.05, 0.1) is 5.56 Å². The largest absolute Gasteiger partial charge is 0.345 e. The number of fused-ring (bicyclic) bond motifs is 1. The highest BCUT2D eigenvalue weighted by Crippen LogP contribution is 2.25. The molecule has 0 saturated heterocycles. The van der Waals surface area contributed by atoms with Gasteiger partial charge in [-0.1, -0.05) is 0 Å². The number of hydrogen-bond donors (Lipinski definition) is 1. The third kappa shape index (κ3) is 2.23. The minimum atomic E-state index is -1.67. The Morgan fingerprint density at radius 2 is 1.90 bits per heavy atom. The first-order chi connectivity index (χ1) is 9.99. The number of halogens is 4. The Bertz CT molecular complexity index is 876. The van der Waals surface area contributed by atoms with Gasteiger partial charge in [-0.05, 0) is 34.1 Å². The van der Waals surface area contributed by atoms with Crippen molar-refractivity contribution < 1.29 is 18.0 Å². The lowest BCUT2D eigenvalue weighted by Gasteiger charge is -2.03. The van der Waals surface area contributed by atoms with Gasteiger partial charge in [-0.3, -0.25) is 4.79 Å². The maximum Gasteiger partial charge on any atom is 0.198 e. The summed E-state index contributed by atoms with van der Waals surface area (Å²) in [4.78, 5) is 19.1. The zero-order chi connectivity index (χ0) is 15.1. The number of rotatable bonds is 2. The van der Waals surface area contributed by atoms with Crippen LogP contribution < -0.4 is 0 Å². The molecule has 0 fully saturated rings. The number of pyridine rings is 1. The fourth-order valence-corrected chi connectivity index (χ4v) is 2.34. The fraction of sp³-hybridized carbons (Fsp3) is 0. The Labute approximate surface area is 124 Å². The summed E-state index contributed by atoms with van der Waals surface area (Å²) < 4.78 is 40.5. The Kier molecular flexibility index (Phi) is 3.29. The molecule has 0 saturated carbocycles. The maximum atomic E-state index is 13.7. The first kappa shape index (κ1) is 13.8. The Morgan fingerprint density at radius 3 is 2.67 bits per heavy atom. The lowest BCUT2D eigenvalue weighted by Crippen LogP contribution is -2.06. The summed E-state index contributed by atoms with van der Waals surface area (Å²) in [6.45, 7) is 0. The van der Waals surface area contributed by atoms with Crippen LogP contribution in [0.1, 0.15) is 15.9 Å². The molecule has 106 valence electrons. The number of aromatic nitrogens is 2. The van der Waals surface area contributed by atoms with Gasteiger partial charge < -0.3 is 4.98 Å². The monoisotopic (exact) mass is 354 g/mol. The normalized spacial score (nSPS) is 11.0. The van der Waals surface area contributed by atoms with Crippen LogP contribution in [0, 0.1) is 17.5 Å². The Hall–Kier alpha value is -2.15. The van der Waals surface area contributed by atoms with Gasteiger partial charge in [-0.2, -0.15) is 0 Å². The molecule has 0 unspecified atom stereocenters. The number of H-pyrrole nitrogens is 1. The van der Waals surface area contributed by atoms with Gasteiger partial charge in [0.25, 0.3) is 0 Å². The number of nitrogens with zero attached hydrogens (tertiary/aromatic N) is 1. The quantitative estimate of drug-likeness (QED) is 0.559. The molecule has 0 spiro atoms. The second kappa shape index (κ2) is 5.00. The molecule has 1 N–H and O–H groups in total. The van der Waals surface area contributed by atoms with E-state index in [1.54, 1.807) is 6.07 Å². The third-order valence-corrected chi connectivity index (χ3v) is 3.46. The van der Waals surface area contributed by atoms with E-state index >= 15 is 0 Å². The molecule has 0 aliphatic heterocycles. The number of carbonyl (C=O) groups is 1. The SMILES string of the molecule is O=C(c1ccc(F)c(F)c1F)c1c[nH]c2ncc(Br)cc12. The van der Waals surface area contributed by atoms with Crippen molar-refractivity contribution in [2.24, 2.45) is 0 Å². The molecule has 2 heterocycles. The van der Waals surface area contributed by atoms with E-state index in [9.17, 15) is 18.0 Å². The van der Waals surface area contributed by atoms with Crippen LogP contribution in [0.4, 0.5) is 13.2 Å². The molecule has 2 aromatic heterocycles. The molecular weight excluding hydrogens is 349 g/mol. The van der Waals surface area contributed by atoms with E-state index in [0.717, 1.165) is 6.07 Å². The van der Waals surface area contributed by atoms with E-state index in [-0.39, 0.29) is 5.56 Å². The molecule has 0 amide bonds. The van der Waals surface area contributed by atoms with E-state index < -0.39 is 28.8 Å². The summed E-state index contributed by atoms with van der Waals surface area (Å²) >= 11 is 3.22. The smallest absolute Gasteiger partial charge is 0.198 e. The van der Waals surface area contributed by atoms with Crippen LogP contribution in [0.25, 0.3) is 11.0 Å². The van der Waals surface area contributed by atoms with Crippen LogP contribution >= 0.6 is 15.9 Å². The molecular formula is C14H6BrF3N2O. The topological polar surface area (TPSA) is 45.8 Å². The number of benzene rings is 1. The van der Waals surface area contributed by atoms with Gasteiger partial charge in [0.15, 0.2) is 23.2 Å². The molecule has 0 bridgehead atoms. The van der Waals surface area contributed by atoms with Crippen LogP contribution in [0.15, 0.2) is 35.1 Å². The van der Waals surface area contributed by atoms with Crippen LogP contribution in [0.3, 0.4) is 0 Å². The van der Waals surface area contributed by atoms with Crippen molar-refractivity contribution in [3.8, 4) is 0 Å². The molecule has 1 aromatic carbocycles. The highest BCUT2D eigenvalue weighted by atomic mass is 79.9. The number of nitrogens with one attached hydrogen (secondary N) is 1. The standard InChI is InChI=1S/C14H6BrF3N2O/c15-6-3-8-9(5-20-14(8)19-4-6)13(21)7-1-2-10(16)12(18)11(7)17/h1-5H,(H,19,20). The predicted molar refractivity (Wildman–Crippen MR) is 73.5 cm³/mol. The number of aromatic amines is 1. The Morgan fingerprint density at radius 1 is 1.14 bits per heavy atom. The highest BCUT2D eigenvalue weighted by molar-refractivity contribution is 9.10. The summed E-state index contributed by atoms with van der Waals surface area (Å²) in [7, 11) is 0. The third-order valence-electron chi connectivity index (χ3n) is 3.02. The highest BCUT2D eigenvalue weighted by Gasteiger charge is 2.22. The van der Waals surface area contributed by atoms with E-state index in [4.69, 9.17) is 0 Å². The van der Waals surface area contributed by atoms with Gasteiger partial charge in [0, 0.05) is 27.8 Å². The average molecular weight is 355 g/mol. The van der Waals surface area contributed by atoms with Crippen LogP contribution in [0.5, 0.6) is 0 Å². The van der Waals surface area contributed by atoms with E-state index in [0.29, 0.717) is 21.6 Å². The van der Waals surface area contributed by atoms with Crippen molar-refractivity contribution in [3.05, 3.63) is 63.6 Å². The molecule has 21 heavy (non-hydrogen) atoms. The second-order valence-electron chi connectivity index (χ2n) is 4.30. The minimum Gasteiger partial charge on any atom is -0.345 e. The summed E-state index contributed by atoms with van der Waals surface area (Å²) in [5, 5.41) is 0.457. The summed E-state index contributed by atoms with van der Waals surface area (Å²) in [6.07, 6.45) is 2.89. The summed E-state index contributed by atoms with van der Waals surface area (Å²) in [5.41, 5.74) is 0.0306. The first-order valence-corrected chi connectivity index (χ1v) is 6.59. The molecule has 7 heteroatoms. The molecule has 0 radical (unpaired) electrons. The summed E-state index contributed by atoms with van der Waals surface area (Å²) in [6, 6.07) is 3.26.